The molecular formula is C7H16O4S. The number of rotatable bonds is 4. The third kappa shape index (κ3) is 22.6. The van der Waals surface area contributed by atoms with Gasteiger partial charge in [0.2, 0.25) is 0 Å². The van der Waals surface area contributed by atoms with E-state index < -0.39 is 12.3 Å². The minimum absolute atomic E-state index is 0.156. The number of thiol groups is 1. The molecule has 0 aliphatic carbocycles. The molecule has 0 heterocycles. The molecule has 5 heteroatoms. The van der Waals surface area contributed by atoms with Gasteiger partial charge in [0.15, 0.2) is 6.29 Å². The lowest BCUT2D eigenvalue weighted by Crippen LogP contribution is -2.01. The maximum atomic E-state index is 9.55. The van der Waals surface area contributed by atoms with Crippen LogP contribution in [-0.2, 0) is 4.79 Å². The Hall–Kier alpha value is -0.260. The second kappa shape index (κ2) is 10.7. The van der Waals surface area contributed by atoms with Crippen LogP contribution in [0.25, 0.3) is 0 Å². The predicted molar refractivity (Wildman–Crippen MR) is 49.2 cm³/mol. The first-order chi connectivity index (χ1) is 5.54. The van der Waals surface area contributed by atoms with Gasteiger partial charge in [-0.15, -0.1) is 0 Å². The standard InChI is InChI=1S/C4H10O2.C3H6O2S/c1-2-3-4(5)6;4-3(5)1-2-6/h4-6H,2-3H2,1H3;6H,1-2H2,(H,4,5). The fourth-order valence-electron chi connectivity index (χ4n) is 0.354. The molecule has 0 spiro atoms. The summed E-state index contributed by atoms with van der Waals surface area (Å²) in [6.45, 7) is 1.90. The highest BCUT2D eigenvalue weighted by Crippen LogP contribution is 1.88. The number of carboxylic acids is 1. The second-order valence-corrected chi connectivity index (χ2v) is 2.58. The summed E-state index contributed by atoms with van der Waals surface area (Å²) in [5, 5.41) is 24.1. The molecule has 0 unspecified atom stereocenters. The molecule has 0 aromatic heterocycles. The van der Waals surface area contributed by atoms with Gasteiger partial charge in [0.1, 0.15) is 0 Å². The van der Waals surface area contributed by atoms with Gasteiger partial charge in [-0.1, -0.05) is 13.3 Å². The van der Waals surface area contributed by atoms with Gasteiger partial charge >= 0.3 is 5.97 Å². The summed E-state index contributed by atoms with van der Waals surface area (Å²) < 4.78 is 0. The Morgan fingerprint density at radius 3 is 2.00 bits per heavy atom. The van der Waals surface area contributed by atoms with Gasteiger partial charge < -0.3 is 15.3 Å². The highest BCUT2D eigenvalue weighted by atomic mass is 32.1. The highest BCUT2D eigenvalue weighted by molar-refractivity contribution is 7.80. The van der Waals surface area contributed by atoms with Crippen molar-refractivity contribution in [2.75, 3.05) is 5.75 Å². The summed E-state index contributed by atoms with van der Waals surface area (Å²) in [4.78, 5) is 9.55. The summed E-state index contributed by atoms with van der Waals surface area (Å²) >= 11 is 3.68. The summed E-state index contributed by atoms with van der Waals surface area (Å²) in [5.74, 6) is -0.361. The van der Waals surface area contributed by atoms with Gasteiger partial charge in [0.05, 0.1) is 6.42 Å². The zero-order chi connectivity index (χ0) is 9.98. The number of aliphatic hydroxyl groups excluding tert-OH is 1. The van der Waals surface area contributed by atoms with Crippen LogP contribution in [0.4, 0.5) is 0 Å². The fraction of sp³-hybridized carbons (Fsp3) is 0.857. The number of hydrogen-bond acceptors (Lipinski definition) is 4. The van der Waals surface area contributed by atoms with E-state index in [1.165, 1.54) is 0 Å². The molecule has 0 amide bonds. The first-order valence-electron chi connectivity index (χ1n) is 3.73. The van der Waals surface area contributed by atoms with E-state index in [1.807, 2.05) is 6.92 Å². The monoisotopic (exact) mass is 196 g/mol. The van der Waals surface area contributed by atoms with E-state index in [0.29, 0.717) is 12.2 Å². The molecule has 0 fully saturated rings. The fourth-order valence-corrected chi connectivity index (χ4v) is 0.545. The van der Waals surface area contributed by atoms with Gasteiger partial charge in [-0.25, -0.2) is 0 Å². The number of aliphatic carboxylic acids is 1. The SMILES string of the molecule is CCCC(O)O.O=C(O)CCS. The molecule has 0 atom stereocenters. The Bertz CT molecular complexity index is 106. The molecule has 12 heavy (non-hydrogen) atoms. The molecule has 0 aromatic carbocycles. The van der Waals surface area contributed by atoms with Gasteiger partial charge in [0.25, 0.3) is 0 Å². The predicted octanol–water partition coefficient (Wildman–Crippen LogP) is 0.488. The molecule has 0 bridgehead atoms. The average molecular weight is 196 g/mol. The third-order valence-corrected chi connectivity index (χ3v) is 1.10. The second-order valence-electron chi connectivity index (χ2n) is 2.14. The minimum atomic E-state index is -1.10. The van der Waals surface area contributed by atoms with E-state index in [1.54, 1.807) is 0 Å². The number of carboxylic acid groups (broad SMARTS) is 1. The Morgan fingerprint density at radius 1 is 1.50 bits per heavy atom. The number of hydrogen-bond donors (Lipinski definition) is 4. The van der Waals surface area contributed by atoms with Crippen molar-refractivity contribution in [1.82, 2.24) is 0 Å². The van der Waals surface area contributed by atoms with Crippen LogP contribution in [-0.4, -0.2) is 33.3 Å². The Labute approximate surface area is 77.6 Å². The van der Waals surface area contributed by atoms with Crippen molar-refractivity contribution < 1.29 is 20.1 Å². The van der Waals surface area contributed by atoms with Crippen molar-refractivity contribution >= 4 is 18.6 Å². The maximum absolute atomic E-state index is 9.55. The Kier molecular flexibility index (Phi) is 12.8. The van der Waals surface area contributed by atoms with E-state index in [9.17, 15) is 4.79 Å². The molecule has 0 rings (SSSR count). The van der Waals surface area contributed by atoms with E-state index in [0.717, 1.165) is 6.42 Å². The Morgan fingerprint density at radius 2 is 2.00 bits per heavy atom. The molecule has 3 N–H and O–H groups in total. The molecule has 4 nitrogen and oxygen atoms in total. The maximum Gasteiger partial charge on any atom is 0.304 e. The quantitative estimate of drug-likeness (QED) is 0.390. The summed E-state index contributed by atoms with van der Waals surface area (Å²) in [6.07, 6.45) is 0.371. The molecule has 0 aliphatic rings. The van der Waals surface area contributed by atoms with Crippen molar-refractivity contribution in [3.05, 3.63) is 0 Å². The lowest BCUT2D eigenvalue weighted by Gasteiger charge is -1.94. The first-order valence-corrected chi connectivity index (χ1v) is 4.36. The molecule has 0 aliphatic heterocycles. The van der Waals surface area contributed by atoms with Crippen LogP contribution in [0.15, 0.2) is 0 Å². The molecule has 74 valence electrons. The van der Waals surface area contributed by atoms with Gasteiger partial charge in [0, 0.05) is 5.75 Å². The van der Waals surface area contributed by atoms with Crippen molar-refractivity contribution in [3.63, 3.8) is 0 Å². The number of aliphatic hydroxyl groups is 2. The topological polar surface area (TPSA) is 77.8 Å². The lowest BCUT2D eigenvalue weighted by atomic mass is 10.3. The largest absolute Gasteiger partial charge is 0.481 e. The van der Waals surface area contributed by atoms with E-state index in [-0.39, 0.29) is 6.42 Å². The van der Waals surface area contributed by atoms with Crippen LogP contribution in [0.3, 0.4) is 0 Å². The molecule has 0 radical (unpaired) electrons. The van der Waals surface area contributed by atoms with Crippen molar-refractivity contribution in [2.45, 2.75) is 32.5 Å². The van der Waals surface area contributed by atoms with Crippen molar-refractivity contribution in [1.29, 1.82) is 0 Å². The third-order valence-electron chi connectivity index (χ3n) is 0.873. The van der Waals surface area contributed by atoms with Crippen LogP contribution < -0.4 is 0 Å². The average Bonchev–Trinajstić information content (AvgIpc) is 1.87. The van der Waals surface area contributed by atoms with Crippen LogP contribution >= 0.6 is 12.6 Å². The zero-order valence-corrected chi connectivity index (χ0v) is 8.00. The minimum Gasteiger partial charge on any atom is -0.481 e. The van der Waals surface area contributed by atoms with E-state index >= 15 is 0 Å². The summed E-state index contributed by atoms with van der Waals surface area (Å²) in [7, 11) is 0. The normalized spacial score (nSPS) is 9.08. The molecule has 0 saturated carbocycles. The smallest absolute Gasteiger partial charge is 0.304 e. The lowest BCUT2D eigenvalue weighted by molar-refractivity contribution is -0.136. The van der Waals surface area contributed by atoms with Crippen LogP contribution in [0.5, 0.6) is 0 Å². The highest BCUT2D eigenvalue weighted by Gasteiger charge is 1.89. The van der Waals surface area contributed by atoms with Gasteiger partial charge in [-0.2, -0.15) is 12.6 Å². The molecule has 0 saturated heterocycles. The molecule has 0 aromatic rings. The van der Waals surface area contributed by atoms with Crippen LogP contribution in [0, 0.1) is 0 Å². The van der Waals surface area contributed by atoms with Gasteiger partial charge in [-0.3, -0.25) is 4.79 Å². The van der Waals surface area contributed by atoms with Crippen LogP contribution in [0.2, 0.25) is 0 Å². The van der Waals surface area contributed by atoms with Crippen LogP contribution in [0.1, 0.15) is 26.2 Å². The van der Waals surface area contributed by atoms with Crippen molar-refractivity contribution in [3.8, 4) is 0 Å². The number of carbonyl (C=O) groups is 1. The summed E-state index contributed by atoms with van der Waals surface area (Å²) in [6, 6.07) is 0. The van der Waals surface area contributed by atoms with Crippen molar-refractivity contribution in [2.24, 2.45) is 0 Å². The summed E-state index contributed by atoms with van der Waals surface area (Å²) in [5.41, 5.74) is 0. The molecular weight excluding hydrogens is 180 g/mol. The van der Waals surface area contributed by atoms with E-state index in [2.05, 4.69) is 12.6 Å². The first kappa shape index (κ1) is 14.3. The van der Waals surface area contributed by atoms with E-state index in [4.69, 9.17) is 15.3 Å². The van der Waals surface area contributed by atoms with Gasteiger partial charge in [-0.05, 0) is 6.42 Å². The Balaban J connectivity index is 0. The zero-order valence-electron chi connectivity index (χ0n) is 7.10.